The summed E-state index contributed by atoms with van der Waals surface area (Å²) in [5.41, 5.74) is -0.372. The highest BCUT2D eigenvalue weighted by molar-refractivity contribution is 5.47. The fourth-order valence-electron chi connectivity index (χ4n) is 4.50. The van der Waals surface area contributed by atoms with Gasteiger partial charge in [0.1, 0.15) is 11.9 Å². The lowest BCUT2D eigenvalue weighted by molar-refractivity contribution is -0.153. The van der Waals surface area contributed by atoms with Crippen molar-refractivity contribution in [1.29, 1.82) is 0 Å². The number of hydrogen-bond donors (Lipinski definition) is 0. The molecule has 5 heterocycles. The van der Waals surface area contributed by atoms with Crippen molar-refractivity contribution in [2.45, 2.75) is 63.7 Å². The molecule has 3 atom stereocenters. The van der Waals surface area contributed by atoms with Gasteiger partial charge in [0, 0.05) is 32.6 Å². The summed E-state index contributed by atoms with van der Waals surface area (Å²) >= 11 is 0. The number of hydrogen-bond acceptors (Lipinski definition) is 8. The van der Waals surface area contributed by atoms with E-state index in [4.69, 9.17) is 9.26 Å². The first-order valence-corrected chi connectivity index (χ1v) is 9.93. The number of alkyl halides is 3. The van der Waals surface area contributed by atoms with Gasteiger partial charge in [-0.05, 0) is 19.3 Å². The number of aryl methyl sites for hydroxylation is 1. The average Bonchev–Trinajstić information content (AvgIpc) is 3.25. The molecule has 0 aliphatic carbocycles. The van der Waals surface area contributed by atoms with Crippen molar-refractivity contribution in [3.8, 4) is 0 Å². The second-order valence-electron chi connectivity index (χ2n) is 7.97. The Morgan fingerprint density at radius 2 is 1.90 bits per heavy atom. The van der Waals surface area contributed by atoms with Gasteiger partial charge in [-0.25, -0.2) is 0 Å². The summed E-state index contributed by atoms with van der Waals surface area (Å²) in [5, 5.41) is 3.72. The molecule has 2 saturated heterocycles. The number of aromatic nitrogens is 4. The number of nitrogens with zero attached hydrogens (tertiary/aromatic N) is 6. The van der Waals surface area contributed by atoms with Crippen LogP contribution in [0.25, 0.3) is 0 Å². The van der Waals surface area contributed by atoms with Crippen molar-refractivity contribution in [3.05, 3.63) is 28.1 Å². The third-order valence-corrected chi connectivity index (χ3v) is 5.86. The van der Waals surface area contributed by atoms with Crippen LogP contribution in [0.4, 0.5) is 24.9 Å². The molecular weight excluding hydrogens is 405 g/mol. The molecule has 0 saturated carbocycles. The summed E-state index contributed by atoms with van der Waals surface area (Å²) in [6, 6.07) is -0.391. The van der Waals surface area contributed by atoms with Gasteiger partial charge in [-0.3, -0.25) is 9.36 Å². The fourth-order valence-corrected chi connectivity index (χ4v) is 4.50. The van der Waals surface area contributed by atoms with E-state index < -0.39 is 12.2 Å². The van der Waals surface area contributed by atoms with E-state index in [0.29, 0.717) is 18.9 Å². The molecule has 5 rings (SSSR count). The van der Waals surface area contributed by atoms with Crippen LogP contribution in [0, 0.1) is 6.92 Å². The molecule has 0 amide bonds. The molecule has 2 aromatic rings. The van der Waals surface area contributed by atoms with E-state index in [1.54, 1.807) is 6.92 Å². The second kappa shape index (κ2) is 6.96. The number of rotatable bonds is 3. The highest BCUT2D eigenvalue weighted by Crippen LogP contribution is 2.36. The maximum atomic E-state index is 13.8. The SMILES string of the molecule is Cc1nc(CN2c3nc(N4CC5CCC(C4)O5)cc(=O)n3CC[C@H]2C(F)(F)F)no1. The highest BCUT2D eigenvalue weighted by Gasteiger charge is 2.47. The number of halogens is 3. The molecule has 0 aromatic carbocycles. The maximum Gasteiger partial charge on any atom is 0.408 e. The molecule has 0 spiro atoms. The van der Waals surface area contributed by atoms with Crippen molar-refractivity contribution in [2.24, 2.45) is 0 Å². The first-order valence-electron chi connectivity index (χ1n) is 9.93. The van der Waals surface area contributed by atoms with Crippen LogP contribution in [0.15, 0.2) is 15.4 Å². The minimum Gasteiger partial charge on any atom is -0.371 e. The molecule has 2 bridgehead atoms. The minimum atomic E-state index is -4.49. The molecule has 2 aromatic heterocycles. The van der Waals surface area contributed by atoms with Gasteiger partial charge < -0.3 is 19.1 Å². The molecule has 0 N–H and O–H groups in total. The van der Waals surface area contributed by atoms with Crippen LogP contribution in [0.3, 0.4) is 0 Å². The Morgan fingerprint density at radius 3 is 2.53 bits per heavy atom. The summed E-state index contributed by atoms with van der Waals surface area (Å²) in [5.74, 6) is 0.726. The third kappa shape index (κ3) is 3.42. The first-order chi connectivity index (χ1) is 14.3. The zero-order valence-electron chi connectivity index (χ0n) is 16.3. The maximum absolute atomic E-state index is 13.8. The third-order valence-electron chi connectivity index (χ3n) is 5.86. The van der Waals surface area contributed by atoms with Gasteiger partial charge in [0.2, 0.25) is 11.8 Å². The number of anilines is 2. The Hall–Kier alpha value is -2.63. The molecular formula is C18H21F3N6O3. The van der Waals surface area contributed by atoms with Crippen LogP contribution < -0.4 is 15.4 Å². The van der Waals surface area contributed by atoms with Gasteiger partial charge in [-0.15, -0.1) is 0 Å². The Morgan fingerprint density at radius 1 is 1.17 bits per heavy atom. The average molecular weight is 426 g/mol. The zero-order chi connectivity index (χ0) is 21.0. The molecule has 2 fully saturated rings. The van der Waals surface area contributed by atoms with Crippen LogP contribution >= 0.6 is 0 Å². The molecule has 2 unspecified atom stereocenters. The summed E-state index contributed by atoms with van der Waals surface area (Å²) < 4.78 is 53.4. The van der Waals surface area contributed by atoms with Crippen LogP contribution in [0.2, 0.25) is 0 Å². The standard InChI is InChI=1S/C18H21F3N6O3/c1-10-22-14(24-30-10)9-27-13(18(19,20)21)4-5-26-16(28)6-15(23-17(26)27)25-7-11-2-3-12(8-25)29-11/h6,11-13H,2-5,7-9H2,1H3/t11?,12?,13-/m0/s1. The van der Waals surface area contributed by atoms with Gasteiger partial charge in [-0.2, -0.15) is 23.1 Å². The smallest absolute Gasteiger partial charge is 0.371 e. The normalized spacial score (nSPS) is 26.2. The topological polar surface area (TPSA) is 89.5 Å². The Bertz CT molecular complexity index is 994. The molecule has 162 valence electrons. The van der Waals surface area contributed by atoms with E-state index in [1.165, 1.54) is 10.6 Å². The monoisotopic (exact) mass is 426 g/mol. The van der Waals surface area contributed by atoms with E-state index >= 15 is 0 Å². The molecule has 3 aliphatic rings. The second-order valence-corrected chi connectivity index (χ2v) is 7.97. The van der Waals surface area contributed by atoms with Crippen molar-refractivity contribution in [3.63, 3.8) is 0 Å². The number of fused-ring (bicyclic) bond motifs is 3. The van der Waals surface area contributed by atoms with Crippen LogP contribution in [0.1, 0.15) is 31.0 Å². The van der Waals surface area contributed by atoms with Crippen molar-refractivity contribution in [1.82, 2.24) is 19.7 Å². The van der Waals surface area contributed by atoms with E-state index in [2.05, 4.69) is 15.1 Å². The predicted molar refractivity (Wildman–Crippen MR) is 98.3 cm³/mol. The summed E-state index contributed by atoms with van der Waals surface area (Å²) in [6.45, 7) is 2.39. The first kappa shape index (κ1) is 19.3. The van der Waals surface area contributed by atoms with Gasteiger partial charge >= 0.3 is 6.18 Å². The van der Waals surface area contributed by atoms with E-state index in [9.17, 15) is 18.0 Å². The van der Waals surface area contributed by atoms with Crippen LogP contribution in [0.5, 0.6) is 0 Å². The summed E-state index contributed by atoms with van der Waals surface area (Å²) in [4.78, 5) is 24.3. The zero-order valence-corrected chi connectivity index (χ0v) is 16.3. The van der Waals surface area contributed by atoms with Crippen LogP contribution in [-0.4, -0.2) is 57.2 Å². The van der Waals surface area contributed by atoms with Gasteiger partial charge in [-0.1, -0.05) is 5.16 Å². The Kier molecular flexibility index (Phi) is 4.49. The van der Waals surface area contributed by atoms with Gasteiger partial charge in [0.05, 0.1) is 18.8 Å². The van der Waals surface area contributed by atoms with E-state index in [-0.39, 0.29) is 54.9 Å². The number of morpholine rings is 1. The number of ether oxygens (including phenoxy) is 1. The molecule has 9 nitrogen and oxygen atoms in total. The Balaban J connectivity index is 1.55. The van der Waals surface area contributed by atoms with E-state index in [1.807, 2.05) is 4.90 Å². The van der Waals surface area contributed by atoms with Crippen molar-refractivity contribution < 1.29 is 22.4 Å². The molecule has 3 aliphatic heterocycles. The lowest BCUT2D eigenvalue weighted by Gasteiger charge is -2.39. The fraction of sp³-hybridized carbons (Fsp3) is 0.667. The highest BCUT2D eigenvalue weighted by atomic mass is 19.4. The largest absolute Gasteiger partial charge is 0.408 e. The predicted octanol–water partition coefficient (Wildman–Crippen LogP) is 1.64. The minimum absolute atomic E-state index is 0.0210. The van der Waals surface area contributed by atoms with Crippen molar-refractivity contribution >= 4 is 11.8 Å². The van der Waals surface area contributed by atoms with Crippen molar-refractivity contribution in [2.75, 3.05) is 22.9 Å². The van der Waals surface area contributed by atoms with Gasteiger partial charge in [0.15, 0.2) is 5.82 Å². The van der Waals surface area contributed by atoms with Crippen LogP contribution in [-0.2, 0) is 17.8 Å². The van der Waals surface area contributed by atoms with E-state index in [0.717, 1.165) is 17.7 Å². The molecule has 12 heteroatoms. The Labute approximate surface area is 169 Å². The lowest BCUT2D eigenvalue weighted by atomic mass is 10.1. The lowest BCUT2D eigenvalue weighted by Crippen LogP contribution is -2.52. The summed E-state index contributed by atoms with van der Waals surface area (Å²) in [7, 11) is 0. The molecule has 30 heavy (non-hydrogen) atoms. The van der Waals surface area contributed by atoms with Gasteiger partial charge in [0.25, 0.3) is 5.56 Å². The summed E-state index contributed by atoms with van der Waals surface area (Å²) in [6.07, 6.45) is -2.75. The molecule has 0 radical (unpaired) electrons. The quantitative estimate of drug-likeness (QED) is 0.732.